The Morgan fingerprint density at radius 1 is 0.927 bits per heavy atom. The van der Waals surface area contributed by atoms with Crippen LogP contribution in [0.2, 0.25) is 5.02 Å². The molecule has 5 rings (SSSR count). The number of likely N-dealkylation sites (tertiary alicyclic amines) is 1. The lowest BCUT2D eigenvalue weighted by Crippen LogP contribution is -2.34. The van der Waals surface area contributed by atoms with Crippen LogP contribution < -0.4 is 5.56 Å². The zero-order chi connectivity index (χ0) is 29.1. The number of piperidine rings is 1. The van der Waals surface area contributed by atoms with Gasteiger partial charge in [-0.25, -0.2) is 9.38 Å². The summed E-state index contributed by atoms with van der Waals surface area (Å²) in [5.74, 6) is 1.71. The molecule has 0 unspecified atom stereocenters. The minimum absolute atomic E-state index is 0.0515. The fraction of sp³-hybridized carbons (Fsp3) is 0.545. The van der Waals surface area contributed by atoms with E-state index in [1.807, 2.05) is 29.2 Å². The van der Waals surface area contributed by atoms with Crippen LogP contribution in [0.4, 0.5) is 0 Å². The molecule has 1 amide bonds. The molecule has 8 heteroatoms. The van der Waals surface area contributed by atoms with Gasteiger partial charge in [0.15, 0.2) is 0 Å². The number of rotatable bonds is 11. The molecule has 220 valence electrons. The largest absolute Gasteiger partial charge is 0.339 e. The third kappa shape index (κ3) is 6.62. The lowest BCUT2D eigenvalue weighted by Gasteiger charge is -2.26. The summed E-state index contributed by atoms with van der Waals surface area (Å²) in [5.41, 5.74) is 2.79. The minimum atomic E-state index is -0.137. The van der Waals surface area contributed by atoms with Crippen LogP contribution in [0, 0.1) is 11.8 Å². The number of benzene rings is 2. The van der Waals surface area contributed by atoms with Crippen LogP contribution in [0.3, 0.4) is 0 Å². The maximum Gasteiger partial charge on any atom is 0.267 e. The van der Waals surface area contributed by atoms with Gasteiger partial charge in [-0.2, -0.15) is 0 Å². The Morgan fingerprint density at radius 3 is 2.32 bits per heavy atom. The fourth-order valence-corrected chi connectivity index (χ4v) is 6.07. The van der Waals surface area contributed by atoms with E-state index in [0.29, 0.717) is 39.1 Å². The maximum absolute atomic E-state index is 13.9. The fourth-order valence-electron chi connectivity index (χ4n) is 5.90. The van der Waals surface area contributed by atoms with E-state index < -0.39 is 0 Å². The van der Waals surface area contributed by atoms with Crippen LogP contribution in [0.25, 0.3) is 27.7 Å². The van der Waals surface area contributed by atoms with E-state index >= 15 is 0 Å². The molecule has 0 N–H and O–H groups in total. The van der Waals surface area contributed by atoms with Crippen molar-refractivity contribution in [1.82, 2.24) is 23.8 Å². The highest BCUT2D eigenvalue weighted by molar-refractivity contribution is 6.31. The van der Waals surface area contributed by atoms with Crippen LogP contribution in [0.15, 0.2) is 41.2 Å². The number of aryl methyl sites for hydroxylation is 1. The highest BCUT2D eigenvalue weighted by Gasteiger charge is 2.21. The standard InChI is InChI=1S/C33H44ClN5O2/c1-23(2)13-19-37(20-14-24(3)4)31(40)25-9-12-29-30(21-25)38(18-8-17-36-15-6-5-7-16-36)33-35-28-11-10-26(34)22-27(28)32(41)39(29)33/h9-12,21-24H,5-8,13-20H2,1-4H3. The Kier molecular flexibility index (Phi) is 9.35. The van der Waals surface area contributed by atoms with E-state index in [9.17, 15) is 9.59 Å². The molecule has 4 aromatic rings. The molecule has 7 nitrogen and oxygen atoms in total. The molecule has 41 heavy (non-hydrogen) atoms. The Hall–Kier alpha value is -2.90. The molecule has 2 aromatic carbocycles. The molecule has 0 radical (unpaired) electrons. The van der Waals surface area contributed by atoms with Gasteiger partial charge in [-0.05, 0) is 100.0 Å². The van der Waals surface area contributed by atoms with Crippen LogP contribution >= 0.6 is 11.6 Å². The van der Waals surface area contributed by atoms with Gasteiger partial charge in [-0.15, -0.1) is 0 Å². The van der Waals surface area contributed by atoms with Gasteiger partial charge in [0.25, 0.3) is 11.5 Å². The van der Waals surface area contributed by atoms with E-state index in [0.717, 1.165) is 69.6 Å². The Labute approximate surface area is 248 Å². The summed E-state index contributed by atoms with van der Waals surface area (Å²) in [5, 5.41) is 1.01. The van der Waals surface area contributed by atoms with Gasteiger partial charge in [0, 0.05) is 30.2 Å². The second-order valence-electron chi connectivity index (χ2n) is 12.5. The van der Waals surface area contributed by atoms with E-state index in [1.54, 1.807) is 16.5 Å². The van der Waals surface area contributed by atoms with Crippen molar-refractivity contribution in [2.75, 3.05) is 32.7 Å². The molecule has 1 saturated heterocycles. The SMILES string of the molecule is CC(C)CCN(CCC(C)C)C(=O)c1ccc2c(c1)n(CCCN1CCCCC1)c1nc3ccc(Cl)cc3c(=O)n21. The third-order valence-electron chi connectivity index (χ3n) is 8.35. The van der Waals surface area contributed by atoms with Crippen molar-refractivity contribution in [3.63, 3.8) is 0 Å². The van der Waals surface area contributed by atoms with Gasteiger partial charge in [-0.3, -0.25) is 9.59 Å². The van der Waals surface area contributed by atoms with Crippen LogP contribution in [-0.2, 0) is 6.54 Å². The second-order valence-corrected chi connectivity index (χ2v) is 12.9. The second kappa shape index (κ2) is 13.0. The summed E-state index contributed by atoms with van der Waals surface area (Å²) in [6, 6.07) is 11.0. The number of carbonyl (C=O) groups is 1. The molecule has 3 heterocycles. The molecule has 1 aliphatic heterocycles. The first-order chi connectivity index (χ1) is 19.7. The number of nitrogens with zero attached hydrogens (tertiary/aromatic N) is 5. The van der Waals surface area contributed by atoms with Crippen molar-refractivity contribution in [2.45, 2.75) is 72.8 Å². The summed E-state index contributed by atoms with van der Waals surface area (Å²) >= 11 is 6.26. The molecule has 0 aliphatic carbocycles. The first kappa shape index (κ1) is 29.6. The van der Waals surface area contributed by atoms with Crippen molar-refractivity contribution >= 4 is 45.2 Å². The van der Waals surface area contributed by atoms with Crippen LogP contribution in [0.1, 0.15) is 76.6 Å². The van der Waals surface area contributed by atoms with Gasteiger partial charge in [0.2, 0.25) is 5.78 Å². The van der Waals surface area contributed by atoms with E-state index in [-0.39, 0.29) is 11.5 Å². The number of imidazole rings is 1. The monoisotopic (exact) mass is 577 g/mol. The summed E-state index contributed by atoms with van der Waals surface area (Å²) in [6.45, 7) is 14.3. The Morgan fingerprint density at radius 2 is 1.63 bits per heavy atom. The maximum atomic E-state index is 13.9. The van der Waals surface area contributed by atoms with E-state index in [2.05, 4.69) is 37.2 Å². The molecule has 0 bridgehead atoms. The first-order valence-electron chi connectivity index (χ1n) is 15.4. The zero-order valence-corrected chi connectivity index (χ0v) is 25.8. The van der Waals surface area contributed by atoms with Crippen molar-refractivity contribution in [2.24, 2.45) is 11.8 Å². The van der Waals surface area contributed by atoms with Crippen molar-refractivity contribution in [3.8, 4) is 0 Å². The lowest BCUT2D eigenvalue weighted by atomic mass is 10.1. The zero-order valence-electron chi connectivity index (χ0n) is 25.0. The molecule has 1 aliphatic rings. The van der Waals surface area contributed by atoms with E-state index in [4.69, 9.17) is 16.6 Å². The first-order valence-corrected chi connectivity index (χ1v) is 15.8. The predicted molar refractivity (Wildman–Crippen MR) is 169 cm³/mol. The lowest BCUT2D eigenvalue weighted by molar-refractivity contribution is 0.0741. The molecule has 0 atom stereocenters. The van der Waals surface area contributed by atoms with Gasteiger partial charge in [0.05, 0.1) is 21.9 Å². The van der Waals surface area contributed by atoms with E-state index in [1.165, 1.54) is 19.3 Å². The molecular formula is C33H44ClN5O2. The molecular weight excluding hydrogens is 534 g/mol. The van der Waals surface area contributed by atoms with Crippen molar-refractivity contribution in [1.29, 1.82) is 0 Å². The number of hydrogen-bond donors (Lipinski definition) is 0. The summed E-state index contributed by atoms with van der Waals surface area (Å²) in [7, 11) is 0. The van der Waals surface area contributed by atoms with Crippen molar-refractivity contribution in [3.05, 3.63) is 57.3 Å². The number of hydrogen-bond acceptors (Lipinski definition) is 4. The smallest absolute Gasteiger partial charge is 0.267 e. The summed E-state index contributed by atoms with van der Waals surface area (Å²) < 4.78 is 3.83. The number of fused-ring (bicyclic) bond motifs is 4. The Balaban J connectivity index is 1.57. The molecule has 0 spiro atoms. The number of halogens is 1. The minimum Gasteiger partial charge on any atom is -0.339 e. The normalized spacial score (nSPS) is 14.7. The highest BCUT2D eigenvalue weighted by atomic mass is 35.5. The van der Waals surface area contributed by atoms with Gasteiger partial charge in [-0.1, -0.05) is 45.7 Å². The van der Waals surface area contributed by atoms with Crippen LogP contribution in [-0.4, -0.2) is 62.4 Å². The number of amides is 1. The molecule has 1 fully saturated rings. The molecule has 0 saturated carbocycles. The highest BCUT2D eigenvalue weighted by Crippen LogP contribution is 2.25. The molecule has 2 aromatic heterocycles. The average Bonchev–Trinajstić information content (AvgIpc) is 3.26. The van der Waals surface area contributed by atoms with Crippen LogP contribution in [0.5, 0.6) is 0 Å². The number of aromatic nitrogens is 3. The topological polar surface area (TPSA) is 62.9 Å². The van der Waals surface area contributed by atoms with Gasteiger partial charge < -0.3 is 14.4 Å². The third-order valence-corrected chi connectivity index (χ3v) is 8.59. The van der Waals surface area contributed by atoms with Crippen molar-refractivity contribution < 1.29 is 4.79 Å². The number of carbonyl (C=O) groups excluding carboxylic acids is 1. The van der Waals surface area contributed by atoms with Gasteiger partial charge >= 0.3 is 0 Å². The predicted octanol–water partition coefficient (Wildman–Crippen LogP) is 6.87. The average molecular weight is 578 g/mol. The summed E-state index contributed by atoms with van der Waals surface area (Å²) in [6.07, 6.45) is 6.72. The summed E-state index contributed by atoms with van der Waals surface area (Å²) in [4.78, 5) is 37.1. The Bertz CT molecular complexity index is 1570. The van der Waals surface area contributed by atoms with Gasteiger partial charge in [0.1, 0.15) is 0 Å². The quantitative estimate of drug-likeness (QED) is 0.195.